The summed E-state index contributed by atoms with van der Waals surface area (Å²) < 4.78 is 40.9. The molecule has 0 radical (unpaired) electrons. The van der Waals surface area contributed by atoms with Crippen LogP contribution in [0.25, 0.3) is 27.8 Å². The van der Waals surface area contributed by atoms with E-state index in [-0.39, 0.29) is 10.5 Å². The zero-order valence-corrected chi connectivity index (χ0v) is 13.8. The van der Waals surface area contributed by atoms with Gasteiger partial charge < -0.3 is 4.57 Å². The fourth-order valence-electron chi connectivity index (χ4n) is 2.66. The van der Waals surface area contributed by atoms with E-state index in [2.05, 4.69) is 15.0 Å². The van der Waals surface area contributed by atoms with E-state index < -0.39 is 11.9 Å². The zero-order valence-electron chi connectivity index (χ0n) is 13.1. The number of fused-ring (bicyclic) bond motifs is 1. The van der Waals surface area contributed by atoms with Crippen LogP contribution in [0, 0.1) is 0 Å². The molecule has 0 aliphatic heterocycles. The number of para-hydroxylation sites is 1. The number of aromatic nitrogens is 4. The molecule has 0 saturated heterocycles. The Balaban J connectivity index is 1.90. The lowest BCUT2D eigenvalue weighted by atomic mass is 10.1. The Labute approximate surface area is 150 Å². The van der Waals surface area contributed by atoms with Crippen LogP contribution in [0.1, 0.15) is 5.69 Å². The van der Waals surface area contributed by atoms with Gasteiger partial charge in [0.05, 0.1) is 28.2 Å². The molecule has 0 spiro atoms. The molecule has 3 aromatic heterocycles. The average Bonchev–Trinajstić information content (AvgIpc) is 3.11. The Hall–Kier alpha value is -2.93. The molecule has 26 heavy (non-hydrogen) atoms. The Morgan fingerprint density at radius 2 is 1.92 bits per heavy atom. The summed E-state index contributed by atoms with van der Waals surface area (Å²) in [6, 6.07) is 9.47. The minimum atomic E-state index is -4.58. The van der Waals surface area contributed by atoms with Crippen molar-refractivity contribution < 1.29 is 13.2 Å². The summed E-state index contributed by atoms with van der Waals surface area (Å²) in [5, 5.41) is 0.436. The fraction of sp³-hybridized carbons (Fsp3) is 0.0556. The maximum atomic E-state index is 13.1. The Bertz CT molecular complexity index is 1090. The monoisotopic (exact) mass is 374 g/mol. The molecule has 4 aromatic rings. The highest BCUT2D eigenvalue weighted by Crippen LogP contribution is 2.34. The number of imidazole rings is 1. The van der Waals surface area contributed by atoms with Crippen LogP contribution in [0.15, 0.2) is 61.3 Å². The predicted molar refractivity (Wildman–Crippen MR) is 92.1 cm³/mol. The van der Waals surface area contributed by atoms with Crippen LogP contribution in [0.5, 0.6) is 0 Å². The molecular weight excluding hydrogens is 365 g/mol. The van der Waals surface area contributed by atoms with Crippen molar-refractivity contribution in [3.05, 3.63) is 72.0 Å². The Morgan fingerprint density at radius 1 is 1.08 bits per heavy atom. The van der Waals surface area contributed by atoms with E-state index in [1.54, 1.807) is 47.4 Å². The number of benzene rings is 1. The number of hydrogen-bond acceptors (Lipinski definition) is 3. The summed E-state index contributed by atoms with van der Waals surface area (Å²) in [7, 11) is 0. The summed E-state index contributed by atoms with van der Waals surface area (Å²) in [5.41, 5.74) is 1.03. The minimum Gasteiger partial charge on any atom is -0.303 e. The van der Waals surface area contributed by atoms with E-state index in [0.717, 1.165) is 11.6 Å². The lowest BCUT2D eigenvalue weighted by Crippen LogP contribution is -2.08. The maximum Gasteiger partial charge on any atom is 0.433 e. The third-order valence-corrected chi connectivity index (χ3v) is 4.19. The zero-order chi connectivity index (χ0) is 18.3. The number of pyridine rings is 2. The molecule has 0 bridgehead atoms. The first kappa shape index (κ1) is 16.5. The number of hydrogen-bond donors (Lipinski definition) is 0. The highest BCUT2D eigenvalue weighted by Gasteiger charge is 2.33. The van der Waals surface area contributed by atoms with Crippen molar-refractivity contribution in [2.45, 2.75) is 6.18 Å². The lowest BCUT2D eigenvalue weighted by Gasteiger charge is -2.11. The summed E-state index contributed by atoms with van der Waals surface area (Å²) >= 11 is 6.06. The van der Waals surface area contributed by atoms with Gasteiger partial charge in [0, 0.05) is 29.5 Å². The molecule has 4 nitrogen and oxygen atoms in total. The average molecular weight is 375 g/mol. The minimum absolute atomic E-state index is 0.00299. The van der Waals surface area contributed by atoms with Crippen LogP contribution in [0.3, 0.4) is 0 Å². The van der Waals surface area contributed by atoms with E-state index in [4.69, 9.17) is 11.6 Å². The molecule has 4 rings (SSSR count). The van der Waals surface area contributed by atoms with Crippen molar-refractivity contribution in [2.75, 3.05) is 0 Å². The van der Waals surface area contributed by atoms with Gasteiger partial charge in [0.1, 0.15) is 5.69 Å². The topological polar surface area (TPSA) is 43.6 Å². The molecule has 0 N–H and O–H groups in total. The second-order valence-electron chi connectivity index (χ2n) is 5.57. The van der Waals surface area contributed by atoms with Crippen molar-refractivity contribution >= 4 is 22.5 Å². The first-order chi connectivity index (χ1) is 12.4. The van der Waals surface area contributed by atoms with E-state index in [1.807, 2.05) is 6.07 Å². The van der Waals surface area contributed by atoms with Gasteiger partial charge in [-0.2, -0.15) is 13.2 Å². The van der Waals surface area contributed by atoms with E-state index in [1.165, 1.54) is 6.33 Å². The van der Waals surface area contributed by atoms with Gasteiger partial charge >= 0.3 is 6.18 Å². The van der Waals surface area contributed by atoms with Crippen molar-refractivity contribution in [3.8, 4) is 16.9 Å². The molecular formula is C18H10ClF3N4. The molecule has 0 aliphatic rings. The molecule has 1 aromatic carbocycles. The van der Waals surface area contributed by atoms with Gasteiger partial charge in [-0.1, -0.05) is 23.7 Å². The van der Waals surface area contributed by atoms with E-state index >= 15 is 0 Å². The van der Waals surface area contributed by atoms with Crippen LogP contribution in [-0.4, -0.2) is 19.5 Å². The van der Waals surface area contributed by atoms with Gasteiger partial charge in [-0.3, -0.25) is 4.98 Å². The van der Waals surface area contributed by atoms with Crippen LogP contribution in [-0.2, 0) is 6.18 Å². The first-order valence-electron chi connectivity index (χ1n) is 7.55. The summed E-state index contributed by atoms with van der Waals surface area (Å²) in [5.74, 6) is 0. The van der Waals surface area contributed by atoms with Gasteiger partial charge in [0.25, 0.3) is 0 Å². The third-order valence-electron chi connectivity index (χ3n) is 3.88. The Morgan fingerprint density at radius 3 is 2.65 bits per heavy atom. The smallest absolute Gasteiger partial charge is 0.303 e. The standard InChI is InChI=1S/C18H10ClF3N4/c19-13-7-16(18(20,21)22)25-17-12(13)4-1-5-15(17)26-9-14(24-10-26)11-3-2-6-23-8-11/h1-10H. The number of halogens is 4. The van der Waals surface area contributed by atoms with Gasteiger partial charge in [-0.05, 0) is 24.3 Å². The summed E-state index contributed by atoms with van der Waals surface area (Å²) in [4.78, 5) is 12.1. The predicted octanol–water partition coefficient (Wildman–Crippen LogP) is 5.15. The first-order valence-corrected chi connectivity index (χ1v) is 7.92. The van der Waals surface area contributed by atoms with E-state index in [0.29, 0.717) is 16.8 Å². The van der Waals surface area contributed by atoms with Gasteiger partial charge in [0.15, 0.2) is 0 Å². The highest BCUT2D eigenvalue weighted by atomic mass is 35.5. The third kappa shape index (κ3) is 2.90. The van der Waals surface area contributed by atoms with Crippen LogP contribution < -0.4 is 0 Å². The molecule has 0 amide bonds. The van der Waals surface area contributed by atoms with Crippen molar-refractivity contribution in [3.63, 3.8) is 0 Å². The maximum absolute atomic E-state index is 13.1. The normalized spacial score (nSPS) is 11.8. The number of nitrogens with zero attached hydrogens (tertiary/aromatic N) is 4. The van der Waals surface area contributed by atoms with E-state index in [9.17, 15) is 13.2 Å². The van der Waals surface area contributed by atoms with Gasteiger partial charge in [0.2, 0.25) is 0 Å². The number of rotatable bonds is 2. The summed E-state index contributed by atoms with van der Waals surface area (Å²) in [6.07, 6.45) is 1.96. The molecule has 0 aliphatic carbocycles. The summed E-state index contributed by atoms with van der Waals surface area (Å²) in [6.45, 7) is 0. The second kappa shape index (κ2) is 6.10. The largest absolute Gasteiger partial charge is 0.433 e. The SMILES string of the molecule is FC(F)(F)c1cc(Cl)c2cccc(-n3cnc(-c4cccnc4)c3)c2n1. The molecule has 0 saturated carbocycles. The van der Waals surface area contributed by atoms with Gasteiger partial charge in [-0.15, -0.1) is 0 Å². The van der Waals surface area contributed by atoms with Crippen molar-refractivity contribution in [2.24, 2.45) is 0 Å². The molecule has 0 atom stereocenters. The molecule has 0 unspecified atom stereocenters. The molecule has 130 valence electrons. The van der Waals surface area contributed by atoms with Crippen LogP contribution in [0.2, 0.25) is 5.02 Å². The second-order valence-corrected chi connectivity index (χ2v) is 5.98. The van der Waals surface area contributed by atoms with Gasteiger partial charge in [-0.25, -0.2) is 9.97 Å². The molecule has 8 heteroatoms. The quantitative estimate of drug-likeness (QED) is 0.487. The number of alkyl halides is 3. The fourth-order valence-corrected chi connectivity index (χ4v) is 2.92. The van der Waals surface area contributed by atoms with Crippen molar-refractivity contribution in [1.82, 2.24) is 19.5 Å². The van der Waals surface area contributed by atoms with Crippen LogP contribution >= 0.6 is 11.6 Å². The van der Waals surface area contributed by atoms with Crippen LogP contribution in [0.4, 0.5) is 13.2 Å². The van der Waals surface area contributed by atoms with Crippen molar-refractivity contribution in [1.29, 1.82) is 0 Å². The highest BCUT2D eigenvalue weighted by molar-refractivity contribution is 6.35. The molecule has 0 fully saturated rings. The lowest BCUT2D eigenvalue weighted by molar-refractivity contribution is -0.140. The Kier molecular flexibility index (Phi) is 3.88. The molecule has 3 heterocycles.